The van der Waals surface area contributed by atoms with Gasteiger partial charge in [-0.2, -0.15) is 0 Å². The molecule has 0 radical (unpaired) electrons. The molecule has 0 fully saturated rings. The van der Waals surface area contributed by atoms with Crippen LogP contribution in [-0.4, -0.2) is 37.0 Å². The van der Waals surface area contributed by atoms with E-state index in [1.54, 1.807) is 24.3 Å². The van der Waals surface area contributed by atoms with Gasteiger partial charge >= 0.3 is 17.8 Å². The summed E-state index contributed by atoms with van der Waals surface area (Å²) in [6.07, 6.45) is 1.33. The Labute approximate surface area is 137 Å². The summed E-state index contributed by atoms with van der Waals surface area (Å²) in [6, 6.07) is 9.35. The van der Waals surface area contributed by atoms with Crippen LogP contribution in [0.1, 0.15) is 10.4 Å². The predicted molar refractivity (Wildman–Crippen MR) is 82.7 cm³/mol. The smallest absolute Gasteiger partial charge is 0.396 e. The van der Waals surface area contributed by atoms with E-state index in [9.17, 15) is 14.4 Å². The summed E-state index contributed by atoms with van der Waals surface area (Å²) in [4.78, 5) is 37.7. The first-order valence-corrected chi connectivity index (χ1v) is 6.75. The molecule has 0 saturated heterocycles. The minimum Gasteiger partial charge on any atom is -0.465 e. The average Bonchev–Trinajstić information content (AvgIpc) is 2.62. The molecule has 2 rings (SSSR count). The largest absolute Gasteiger partial charge is 0.465 e. The van der Waals surface area contributed by atoms with Crippen molar-refractivity contribution in [2.24, 2.45) is 0 Å². The van der Waals surface area contributed by atoms with E-state index in [2.05, 4.69) is 19.8 Å². The average molecular weight is 330 g/mol. The number of rotatable bonds is 4. The van der Waals surface area contributed by atoms with Crippen LogP contribution < -0.4 is 10.1 Å². The Balaban J connectivity index is 2.00. The number of carbonyl (C=O) groups is 3. The molecule has 0 spiro atoms. The number of methoxy groups -OCH3 is 2. The molecule has 0 aliphatic carbocycles. The molecule has 1 heterocycles. The summed E-state index contributed by atoms with van der Waals surface area (Å²) in [6.45, 7) is 0. The number of pyridine rings is 1. The third-order valence-electron chi connectivity index (χ3n) is 2.86. The van der Waals surface area contributed by atoms with Crippen molar-refractivity contribution in [3.05, 3.63) is 48.2 Å². The van der Waals surface area contributed by atoms with Crippen LogP contribution >= 0.6 is 0 Å². The van der Waals surface area contributed by atoms with E-state index in [-0.39, 0.29) is 5.88 Å². The van der Waals surface area contributed by atoms with Crippen LogP contribution in [0.3, 0.4) is 0 Å². The van der Waals surface area contributed by atoms with Gasteiger partial charge in [0, 0.05) is 6.07 Å². The number of hydrogen-bond acceptors (Lipinski definition) is 7. The van der Waals surface area contributed by atoms with Crippen molar-refractivity contribution < 1.29 is 28.6 Å². The summed E-state index contributed by atoms with van der Waals surface area (Å²) in [5, 5.41) is 2.33. The lowest BCUT2D eigenvalue weighted by atomic mass is 10.2. The molecule has 2 aromatic rings. The first-order chi connectivity index (χ1) is 11.5. The molecule has 0 aliphatic rings. The summed E-state index contributed by atoms with van der Waals surface area (Å²) in [5.41, 5.74) is 0.720. The van der Waals surface area contributed by atoms with Crippen LogP contribution in [0.25, 0.3) is 0 Å². The lowest BCUT2D eigenvalue weighted by Gasteiger charge is -2.07. The maximum Gasteiger partial charge on any atom is 0.396 e. The molecular formula is C16H14N2O6. The number of anilines is 1. The van der Waals surface area contributed by atoms with Gasteiger partial charge in [-0.3, -0.25) is 4.79 Å². The van der Waals surface area contributed by atoms with Gasteiger partial charge in [-0.15, -0.1) is 0 Å². The van der Waals surface area contributed by atoms with Gasteiger partial charge in [0.05, 0.1) is 31.7 Å². The monoisotopic (exact) mass is 330 g/mol. The Hall–Kier alpha value is -3.42. The zero-order valence-electron chi connectivity index (χ0n) is 12.9. The Bertz CT molecular complexity index is 740. The zero-order valence-corrected chi connectivity index (χ0v) is 12.9. The fraction of sp³-hybridized carbons (Fsp3) is 0.125. The predicted octanol–water partition coefficient (Wildman–Crippen LogP) is 1.77. The van der Waals surface area contributed by atoms with Crippen LogP contribution in [0, 0.1) is 0 Å². The highest BCUT2D eigenvalue weighted by atomic mass is 16.5. The number of ether oxygens (including phenoxy) is 3. The van der Waals surface area contributed by atoms with E-state index in [4.69, 9.17) is 4.74 Å². The van der Waals surface area contributed by atoms with Crippen LogP contribution in [0.4, 0.5) is 5.69 Å². The molecule has 1 aromatic heterocycles. The van der Waals surface area contributed by atoms with Crippen molar-refractivity contribution in [2.75, 3.05) is 19.5 Å². The minimum atomic E-state index is -0.999. The Morgan fingerprint density at radius 1 is 0.958 bits per heavy atom. The molecule has 0 atom stereocenters. The number of esters is 2. The van der Waals surface area contributed by atoms with Gasteiger partial charge in [-0.25, -0.2) is 14.6 Å². The molecule has 0 unspecified atom stereocenters. The molecule has 1 aromatic carbocycles. The molecule has 1 N–H and O–H groups in total. The van der Waals surface area contributed by atoms with Gasteiger partial charge in [-0.1, -0.05) is 0 Å². The number of aromatic nitrogens is 1. The fourth-order valence-electron chi connectivity index (χ4n) is 1.69. The molecule has 124 valence electrons. The molecule has 8 heteroatoms. The second kappa shape index (κ2) is 7.73. The van der Waals surface area contributed by atoms with E-state index in [1.165, 1.54) is 25.4 Å². The van der Waals surface area contributed by atoms with Crippen molar-refractivity contribution >= 4 is 23.5 Å². The normalized spacial score (nSPS) is 9.75. The van der Waals surface area contributed by atoms with E-state index in [1.807, 2.05) is 0 Å². The van der Waals surface area contributed by atoms with Crippen LogP contribution in [0.15, 0.2) is 42.6 Å². The number of nitrogens with zero attached hydrogens (tertiary/aromatic N) is 1. The van der Waals surface area contributed by atoms with Gasteiger partial charge in [0.1, 0.15) is 5.75 Å². The van der Waals surface area contributed by atoms with Gasteiger partial charge < -0.3 is 19.5 Å². The standard InChI is InChI=1S/C16H14N2O6/c1-22-15(20)10-3-6-12(7-4-10)24-13-8-5-11(9-17-13)18-14(19)16(21)23-2/h3-9H,1-2H3,(H,18,19). The quantitative estimate of drug-likeness (QED) is 0.673. The number of amides is 1. The third-order valence-corrected chi connectivity index (χ3v) is 2.86. The highest BCUT2D eigenvalue weighted by molar-refractivity contribution is 6.37. The van der Waals surface area contributed by atoms with Crippen molar-refractivity contribution in [3.63, 3.8) is 0 Å². The number of nitrogens with one attached hydrogen (secondary N) is 1. The van der Waals surface area contributed by atoms with Crippen molar-refractivity contribution in [1.82, 2.24) is 4.98 Å². The maximum atomic E-state index is 11.3. The van der Waals surface area contributed by atoms with E-state index in [0.29, 0.717) is 17.0 Å². The molecule has 0 aliphatic heterocycles. The fourth-order valence-corrected chi connectivity index (χ4v) is 1.69. The van der Waals surface area contributed by atoms with Crippen molar-refractivity contribution in [2.45, 2.75) is 0 Å². The first-order valence-electron chi connectivity index (χ1n) is 6.75. The first kappa shape index (κ1) is 16.9. The van der Waals surface area contributed by atoms with Crippen LogP contribution in [-0.2, 0) is 19.1 Å². The van der Waals surface area contributed by atoms with Gasteiger partial charge in [0.2, 0.25) is 5.88 Å². The lowest BCUT2D eigenvalue weighted by molar-refractivity contribution is -0.150. The highest BCUT2D eigenvalue weighted by Gasteiger charge is 2.13. The van der Waals surface area contributed by atoms with Gasteiger partial charge in [0.25, 0.3) is 0 Å². The molecular weight excluding hydrogens is 316 g/mol. The maximum absolute atomic E-state index is 11.3. The summed E-state index contributed by atoms with van der Waals surface area (Å²) in [7, 11) is 2.42. The second-order valence-corrected chi connectivity index (χ2v) is 4.45. The van der Waals surface area contributed by atoms with Crippen LogP contribution in [0.5, 0.6) is 11.6 Å². The number of hydrogen-bond donors (Lipinski definition) is 1. The minimum absolute atomic E-state index is 0.275. The van der Waals surface area contributed by atoms with E-state index < -0.39 is 17.8 Å². The van der Waals surface area contributed by atoms with Crippen LogP contribution in [0.2, 0.25) is 0 Å². The highest BCUT2D eigenvalue weighted by Crippen LogP contribution is 2.21. The zero-order chi connectivity index (χ0) is 17.5. The van der Waals surface area contributed by atoms with Gasteiger partial charge in [-0.05, 0) is 30.3 Å². The van der Waals surface area contributed by atoms with E-state index >= 15 is 0 Å². The number of carbonyl (C=O) groups excluding carboxylic acids is 3. The number of benzene rings is 1. The van der Waals surface area contributed by atoms with E-state index in [0.717, 1.165) is 7.11 Å². The Morgan fingerprint density at radius 2 is 1.67 bits per heavy atom. The molecule has 1 amide bonds. The molecule has 0 saturated carbocycles. The molecule has 8 nitrogen and oxygen atoms in total. The Morgan fingerprint density at radius 3 is 2.21 bits per heavy atom. The second-order valence-electron chi connectivity index (χ2n) is 4.45. The molecule has 0 bridgehead atoms. The summed E-state index contributed by atoms with van der Waals surface area (Å²) in [5.74, 6) is -1.59. The lowest BCUT2D eigenvalue weighted by Crippen LogP contribution is -2.23. The third kappa shape index (κ3) is 4.29. The SMILES string of the molecule is COC(=O)C(=O)Nc1ccc(Oc2ccc(C(=O)OC)cc2)nc1. The summed E-state index contributed by atoms with van der Waals surface area (Å²) < 4.78 is 14.4. The van der Waals surface area contributed by atoms with Crippen molar-refractivity contribution in [1.29, 1.82) is 0 Å². The molecule has 24 heavy (non-hydrogen) atoms. The Kier molecular flexibility index (Phi) is 5.45. The topological polar surface area (TPSA) is 104 Å². The van der Waals surface area contributed by atoms with Gasteiger partial charge in [0.15, 0.2) is 0 Å². The summed E-state index contributed by atoms with van der Waals surface area (Å²) >= 11 is 0. The van der Waals surface area contributed by atoms with Crippen molar-refractivity contribution in [3.8, 4) is 11.6 Å².